The van der Waals surface area contributed by atoms with Gasteiger partial charge in [-0.25, -0.2) is 4.98 Å². The van der Waals surface area contributed by atoms with Crippen LogP contribution in [0.2, 0.25) is 0 Å². The van der Waals surface area contributed by atoms with E-state index in [9.17, 15) is 6.85 Å². The van der Waals surface area contributed by atoms with Crippen LogP contribution in [0.1, 0.15) is 40.1 Å². The first-order chi connectivity index (χ1) is 31.4. The third-order valence-electron chi connectivity index (χ3n) is 8.20. The van der Waals surface area contributed by atoms with Gasteiger partial charge in [-0.15, -0.1) is 0 Å². The molecule has 0 bridgehead atoms. The molecule has 1 aromatic heterocycles. The quantitative estimate of drug-likeness (QED) is 0.175. The molecule has 0 fully saturated rings. The summed E-state index contributed by atoms with van der Waals surface area (Å²) in [5.41, 5.74) is 1.23. The monoisotopic (exact) mass is 620 g/mol. The van der Waals surface area contributed by atoms with E-state index in [4.69, 9.17) is 20.6 Å². The highest BCUT2D eigenvalue weighted by Gasteiger charge is 2.18. The average molecular weight is 621 g/mol. The summed E-state index contributed by atoms with van der Waals surface area (Å²) in [4.78, 5) is 4.41. The van der Waals surface area contributed by atoms with Crippen molar-refractivity contribution < 1.29 is 27.4 Å². The van der Waals surface area contributed by atoms with Crippen molar-refractivity contribution >= 4 is 43.4 Å². The van der Waals surface area contributed by atoms with Crippen molar-refractivity contribution in [3.63, 3.8) is 0 Å². The van der Waals surface area contributed by atoms with Gasteiger partial charge in [0.25, 0.3) is 0 Å². The number of hydrogen-bond donors (Lipinski definition) is 0. The summed E-state index contributed by atoms with van der Waals surface area (Å²) in [7, 11) is 0. The van der Waals surface area contributed by atoms with Gasteiger partial charge in [0.2, 0.25) is 0 Å². The molecule has 222 valence electrons. The van der Waals surface area contributed by atoms with Gasteiger partial charge in [0.05, 0.1) is 31.6 Å². The van der Waals surface area contributed by atoms with E-state index >= 15 is 0 Å². The first kappa shape index (κ1) is 13.8. The van der Waals surface area contributed by atoms with Gasteiger partial charge in [-0.05, 0) is 96.0 Å². The predicted octanol–water partition coefficient (Wildman–Crippen LogP) is 12.0. The summed E-state index contributed by atoms with van der Waals surface area (Å²) in [6.07, 6.45) is -2.89. The van der Waals surface area contributed by atoms with E-state index < -0.39 is 126 Å². The van der Waals surface area contributed by atoms with Crippen LogP contribution in [0.25, 0.3) is 82.4 Å². The lowest BCUT2D eigenvalue weighted by Crippen LogP contribution is -2.00. The summed E-state index contributed by atoms with van der Waals surface area (Å²) in [6, 6.07) is 8.80. The molecule has 0 N–H and O–H groups in total. The van der Waals surface area contributed by atoms with Crippen molar-refractivity contribution in [2.45, 2.75) is 13.2 Å². The van der Waals surface area contributed by atoms with Crippen LogP contribution in [0.3, 0.4) is 0 Å². The number of rotatable bonds is 5. The molecule has 0 unspecified atom stereocenters. The van der Waals surface area contributed by atoms with E-state index in [2.05, 4.69) is 4.98 Å². The maximum absolute atomic E-state index is 9.41. The molecule has 0 aliphatic carbocycles. The van der Waals surface area contributed by atoms with Crippen molar-refractivity contribution in [2.24, 2.45) is 0 Å². The molecule has 2 heteroatoms. The fourth-order valence-corrected chi connectivity index (χ4v) is 6.21. The van der Waals surface area contributed by atoms with Crippen molar-refractivity contribution in [2.75, 3.05) is 0 Å². The summed E-state index contributed by atoms with van der Waals surface area (Å²) >= 11 is 0. The summed E-state index contributed by atoms with van der Waals surface area (Å²) < 4.78 is 177. The highest BCUT2D eigenvalue weighted by molar-refractivity contribution is 6.23. The normalized spacial score (nSPS) is 18.2. The lowest BCUT2D eigenvalue weighted by Gasteiger charge is -2.19. The lowest BCUT2D eigenvalue weighted by atomic mass is 9.84. The number of benzene rings is 8. The Morgan fingerprint density at radius 3 is 1.98 bits per heavy atom. The number of aromatic nitrogens is 2. The zero-order valence-corrected chi connectivity index (χ0v) is 24.3. The van der Waals surface area contributed by atoms with Gasteiger partial charge in [0, 0.05) is 18.9 Å². The van der Waals surface area contributed by atoms with E-state index in [1.54, 1.807) is 72.8 Å². The largest absolute Gasteiger partial charge is 0.296 e. The minimum Gasteiger partial charge on any atom is -0.296 e. The molecule has 0 saturated carbocycles. The second kappa shape index (κ2) is 11.1. The number of imidazole rings is 1. The molecule has 0 aliphatic rings. The van der Waals surface area contributed by atoms with E-state index in [-0.39, 0.29) is 38.5 Å². The van der Waals surface area contributed by atoms with Crippen LogP contribution in [0.15, 0.2) is 163 Å². The molecule has 0 amide bonds. The fraction of sp³-hybridized carbons (Fsp3) is 0.0444. The molecule has 0 spiro atoms. The Labute approximate surface area is 302 Å². The van der Waals surface area contributed by atoms with Crippen LogP contribution >= 0.6 is 0 Å². The van der Waals surface area contributed by atoms with Crippen LogP contribution in [-0.4, -0.2) is 9.55 Å². The van der Waals surface area contributed by atoms with E-state index in [1.165, 1.54) is 4.57 Å². The maximum Gasteiger partial charge on any atom is 0.114 e. The highest BCUT2D eigenvalue weighted by Crippen LogP contribution is 2.45. The zero-order valence-electron chi connectivity index (χ0n) is 44.3. The van der Waals surface area contributed by atoms with Gasteiger partial charge < -0.3 is 0 Å². The first-order valence-electron chi connectivity index (χ1n) is 24.6. The van der Waals surface area contributed by atoms with Gasteiger partial charge in [-0.2, -0.15) is 0 Å². The molecular weight excluding hydrogens is 569 g/mol. The topological polar surface area (TPSA) is 17.8 Å². The smallest absolute Gasteiger partial charge is 0.114 e. The molecule has 2 nitrogen and oxygen atoms in total. The molecular formula is C45H32N2. The SMILES string of the molecule is [2H]c1c([2H])c([2H])c2c(-c3c4c([2H])c([2H])c([2H])c([2H])c4c(-c4cccc(-c5cccc(-n6c(C([2H])([2H])C([2H])([2H])[2H])nc7ccccc76)c5)c4)c4c([2H])c([2H])c([2H])c([2H])c34)c([2H])c([2H])c([2H])c2c1[2H]. The maximum atomic E-state index is 9.41. The second-order valence-electron chi connectivity index (χ2n) is 10.8. The van der Waals surface area contributed by atoms with Crippen LogP contribution < -0.4 is 0 Å². The highest BCUT2D eigenvalue weighted by atomic mass is 15.1. The van der Waals surface area contributed by atoms with Crippen LogP contribution in [0.5, 0.6) is 0 Å². The minimum atomic E-state index is -3.10. The summed E-state index contributed by atoms with van der Waals surface area (Å²) in [5, 5.41) is -2.26. The van der Waals surface area contributed by atoms with Gasteiger partial charge >= 0.3 is 0 Å². The average Bonchev–Trinajstić information content (AvgIpc) is 3.71. The first-order valence-corrected chi connectivity index (χ1v) is 14.6. The summed E-state index contributed by atoms with van der Waals surface area (Å²) in [5.74, 6) is -0.366. The Morgan fingerprint density at radius 1 is 0.596 bits per heavy atom. The van der Waals surface area contributed by atoms with Crippen LogP contribution in [-0.2, 0) is 6.37 Å². The lowest BCUT2D eigenvalue weighted by molar-refractivity contribution is 0.908. The van der Waals surface area contributed by atoms with E-state index in [0.717, 1.165) is 0 Å². The Morgan fingerprint density at radius 2 is 1.21 bits per heavy atom. The Balaban J connectivity index is 1.43. The standard InChI is InChI=1S/C45H32N2/c1-2-43-46-41-26-9-10-27-42(41)47(43)34-19-12-17-32(29-34)31-16-11-18-33(28-31)44-37-21-5-7-23-39(37)45(40-24-8-6-22-38(40)44)36-25-13-15-30-14-3-4-20-35(30)36/h3-29H,2H2,1H3/i1D3,2D2,3D,4D,5D,6D,7D,8D,13D,14D,15D,20D,21D,22D,23D,24D,25D. The number of fused-ring (bicyclic) bond motifs is 4. The third-order valence-corrected chi connectivity index (χ3v) is 8.20. The Bertz CT molecular complexity index is 3580. The van der Waals surface area contributed by atoms with Crippen molar-refractivity contribution in [1.29, 1.82) is 0 Å². The molecule has 8 aromatic carbocycles. The van der Waals surface area contributed by atoms with E-state index in [1.807, 2.05) is 0 Å². The van der Waals surface area contributed by atoms with Crippen molar-refractivity contribution in [3.8, 4) is 39.1 Å². The predicted molar refractivity (Wildman–Crippen MR) is 199 cm³/mol. The second-order valence-corrected chi connectivity index (χ2v) is 10.8. The van der Waals surface area contributed by atoms with Gasteiger partial charge in [0.15, 0.2) is 0 Å². The molecule has 9 rings (SSSR count). The van der Waals surface area contributed by atoms with Crippen LogP contribution in [0.4, 0.5) is 0 Å². The van der Waals surface area contributed by atoms with Gasteiger partial charge in [0.1, 0.15) is 5.82 Å². The van der Waals surface area contributed by atoms with Crippen molar-refractivity contribution in [1.82, 2.24) is 9.55 Å². The van der Waals surface area contributed by atoms with Gasteiger partial charge in [-0.1, -0.05) is 140 Å². The van der Waals surface area contributed by atoms with Crippen molar-refractivity contribution in [3.05, 3.63) is 169 Å². The number of hydrogen-bond acceptors (Lipinski definition) is 1. The summed E-state index contributed by atoms with van der Waals surface area (Å²) in [6.45, 7) is -3.10. The molecule has 0 aliphatic heterocycles. The molecule has 0 saturated heterocycles. The number of para-hydroxylation sites is 2. The van der Waals surface area contributed by atoms with E-state index in [0.29, 0.717) is 27.8 Å². The Kier molecular flexibility index (Phi) is 3.26. The zero-order chi connectivity index (χ0) is 48.7. The van der Waals surface area contributed by atoms with Gasteiger partial charge in [-0.3, -0.25) is 4.57 Å². The minimum absolute atomic E-state index is 0.0829. The molecule has 1 heterocycles. The molecule has 9 aromatic rings. The number of nitrogens with zero attached hydrogens (tertiary/aromatic N) is 2. The van der Waals surface area contributed by atoms with Crippen LogP contribution in [0, 0.1) is 0 Å². The number of aryl methyl sites for hydroxylation is 1. The Hall–Kier alpha value is -5.99. The molecule has 0 atom stereocenters. The third kappa shape index (κ3) is 4.45. The molecule has 47 heavy (non-hydrogen) atoms. The fourth-order valence-electron chi connectivity index (χ4n) is 6.21. The molecule has 0 radical (unpaired) electrons.